The molecule has 34 heavy (non-hydrogen) atoms. The molecule has 2 aromatic carbocycles. The third kappa shape index (κ3) is 4.21. The number of hydrogen-bond donors (Lipinski definition) is 4. The van der Waals surface area contributed by atoms with E-state index >= 15 is 0 Å². The van der Waals surface area contributed by atoms with Crippen molar-refractivity contribution in [2.45, 2.75) is 32.5 Å². The van der Waals surface area contributed by atoms with E-state index < -0.39 is 18.8 Å². The topological polar surface area (TPSA) is 135 Å². The molecule has 1 heterocycles. The van der Waals surface area contributed by atoms with Crippen molar-refractivity contribution in [1.82, 2.24) is 5.43 Å². The van der Waals surface area contributed by atoms with Crippen LogP contribution in [0, 0.1) is 13.8 Å². The van der Waals surface area contributed by atoms with Gasteiger partial charge in [-0.05, 0) is 61.7 Å². The molecule has 176 valence electrons. The van der Waals surface area contributed by atoms with Crippen LogP contribution in [0.5, 0.6) is 5.75 Å². The molecule has 0 radical (unpaired) electrons. The summed E-state index contributed by atoms with van der Waals surface area (Å²) in [5.41, 5.74) is 6.46. The van der Waals surface area contributed by atoms with Crippen LogP contribution in [0.3, 0.4) is 0 Å². The van der Waals surface area contributed by atoms with Crippen LogP contribution in [-0.2, 0) is 9.36 Å². The summed E-state index contributed by atoms with van der Waals surface area (Å²) < 4.78 is 12.6. The van der Waals surface area contributed by atoms with E-state index in [1.807, 2.05) is 26.0 Å². The number of hydrogen-bond acceptors (Lipinski definition) is 6. The van der Waals surface area contributed by atoms with E-state index in [-0.39, 0.29) is 17.9 Å². The lowest BCUT2D eigenvalue weighted by Gasteiger charge is -2.34. The normalized spacial score (nSPS) is 21.6. The molecule has 0 aromatic heterocycles. The second-order valence-corrected chi connectivity index (χ2v) is 10.2. The Morgan fingerprint density at radius 3 is 2.53 bits per heavy atom. The summed E-state index contributed by atoms with van der Waals surface area (Å²) in [6.07, 6.45) is 4.34. The van der Waals surface area contributed by atoms with Crippen LogP contribution in [0.2, 0.25) is 0 Å². The highest BCUT2D eigenvalue weighted by atomic mass is 31.2. The number of amides is 1. The zero-order chi connectivity index (χ0) is 24.7. The number of anilines is 1. The molecule has 1 aliphatic carbocycles. The molecule has 1 aliphatic heterocycles. The highest BCUT2D eigenvalue weighted by Crippen LogP contribution is 2.55. The van der Waals surface area contributed by atoms with Gasteiger partial charge < -0.3 is 14.9 Å². The van der Waals surface area contributed by atoms with Crippen molar-refractivity contribution in [3.8, 4) is 5.75 Å². The first-order valence-corrected chi connectivity index (χ1v) is 12.2. The summed E-state index contributed by atoms with van der Waals surface area (Å²) in [6.45, 7) is 5.50. The quantitative estimate of drug-likeness (QED) is 0.382. The molecule has 1 amide bonds. The summed E-state index contributed by atoms with van der Waals surface area (Å²) in [6, 6.07) is 12.0. The molecule has 0 fully saturated rings. The predicted octanol–water partition coefficient (Wildman–Crippen LogP) is 3.59. The minimum absolute atomic E-state index is 0.00652. The molecule has 0 spiro atoms. The molecule has 9 nitrogen and oxygen atoms in total. The second kappa shape index (κ2) is 8.68. The lowest BCUT2D eigenvalue weighted by atomic mass is 9.93. The molecule has 0 saturated heterocycles. The minimum atomic E-state index is -4.82. The number of rotatable bonds is 5. The number of carbonyl (C=O) groups is 1. The summed E-state index contributed by atoms with van der Waals surface area (Å²) in [5.74, 6) is -0.515. The summed E-state index contributed by atoms with van der Waals surface area (Å²) >= 11 is 0. The first-order valence-electron chi connectivity index (χ1n) is 10.6. The van der Waals surface area contributed by atoms with E-state index in [0.717, 1.165) is 11.1 Å². The summed E-state index contributed by atoms with van der Waals surface area (Å²) in [4.78, 5) is 33.5. The molecule has 1 unspecified atom stereocenters. The van der Waals surface area contributed by atoms with Crippen molar-refractivity contribution in [2.75, 3.05) is 5.01 Å². The number of phenols is 1. The number of benzene rings is 2. The van der Waals surface area contributed by atoms with Crippen LogP contribution in [0.4, 0.5) is 5.69 Å². The number of carbonyl (C=O) groups excluding carboxylic acids is 1. The standard InChI is InChI=1S/C24H25N4O5P/c1-15-10-11-19(13-16(15)2)28-23(30)22(17(3)26-28)25-27-24(34(31,32)33)12-6-7-18(14-24)20-8-4-5-9-21(20)29/h4-13,27,29H,14H2,1-3H3,(H2,31,32,33)/b25-22-. The van der Waals surface area contributed by atoms with Gasteiger partial charge in [-0.3, -0.25) is 14.8 Å². The Hall–Kier alpha value is -3.52. The third-order valence-electron chi connectivity index (χ3n) is 5.98. The zero-order valence-electron chi connectivity index (χ0n) is 18.9. The van der Waals surface area contributed by atoms with Crippen molar-refractivity contribution >= 4 is 36.2 Å². The first-order chi connectivity index (χ1) is 16.0. The number of aromatic hydroxyl groups is 1. The fourth-order valence-corrected chi connectivity index (χ4v) is 4.65. The van der Waals surface area contributed by atoms with Gasteiger partial charge in [0, 0.05) is 12.0 Å². The maximum Gasteiger partial charge on any atom is 0.356 e. The number of nitrogens with zero attached hydrogens (tertiary/aromatic N) is 3. The molecular formula is C24H25N4O5P. The third-order valence-corrected chi connectivity index (χ3v) is 7.43. The number of aryl methyl sites for hydroxylation is 2. The zero-order valence-corrected chi connectivity index (χ0v) is 19.8. The van der Waals surface area contributed by atoms with Crippen LogP contribution in [0.25, 0.3) is 5.57 Å². The van der Waals surface area contributed by atoms with E-state index in [0.29, 0.717) is 22.5 Å². The molecule has 1 atom stereocenters. The average Bonchev–Trinajstić information content (AvgIpc) is 3.07. The molecule has 4 N–H and O–H groups in total. The fraction of sp³-hybridized carbons (Fsp3) is 0.208. The number of nitrogens with one attached hydrogen (secondary N) is 1. The highest BCUT2D eigenvalue weighted by molar-refractivity contribution is 7.53. The highest BCUT2D eigenvalue weighted by Gasteiger charge is 2.47. The Morgan fingerprint density at radius 2 is 1.85 bits per heavy atom. The van der Waals surface area contributed by atoms with Crippen LogP contribution in [-0.4, -0.2) is 37.5 Å². The smallest absolute Gasteiger partial charge is 0.356 e. The van der Waals surface area contributed by atoms with Crippen LogP contribution < -0.4 is 10.4 Å². The van der Waals surface area contributed by atoms with Gasteiger partial charge in [-0.15, -0.1) is 0 Å². The monoisotopic (exact) mass is 480 g/mol. The van der Waals surface area contributed by atoms with Crippen molar-refractivity contribution in [1.29, 1.82) is 0 Å². The Labute approximate surface area is 197 Å². The fourth-order valence-electron chi connectivity index (χ4n) is 3.82. The first kappa shape index (κ1) is 23.6. The van der Waals surface area contributed by atoms with Gasteiger partial charge in [-0.2, -0.15) is 15.2 Å². The number of para-hydroxylation sites is 1. The van der Waals surface area contributed by atoms with Crippen molar-refractivity contribution < 1.29 is 24.3 Å². The van der Waals surface area contributed by atoms with Crippen molar-refractivity contribution in [2.24, 2.45) is 10.2 Å². The Balaban J connectivity index is 1.64. The van der Waals surface area contributed by atoms with Crippen molar-refractivity contribution in [3.63, 3.8) is 0 Å². The van der Waals surface area contributed by atoms with Gasteiger partial charge in [0.05, 0.1) is 11.4 Å². The van der Waals surface area contributed by atoms with Gasteiger partial charge >= 0.3 is 13.5 Å². The summed E-state index contributed by atoms with van der Waals surface area (Å²) in [7, 11) is -4.82. The van der Waals surface area contributed by atoms with Gasteiger partial charge in [-0.1, -0.05) is 36.4 Å². The average molecular weight is 480 g/mol. The van der Waals surface area contributed by atoms with E-state index in [2.05, 4.69) is 15.6 Å². The number of phenolic OH excluding ortho intramolecular Hbond substituents is 1. The largest absolute Gasteiger partial charge is 0.507 e. The summed E-state index contributed by atoms with van der Waals surface area (Å²) in [5, 5.41) is 17.9. The van der Waals surface area contributed by atoms with Gasteiger partial charge in [0.2, 0.25) is 0 Å². The predicted molar refractivity (Wildman–Crippen MR) is 132 cm³/mol. The molecule has 4 rings (SSSR count). The number of allylic oxidation sites excluding steroid dienone is 2. The van der Waals surface area contributed by atoms with E-state index in [1.165, 1.54) is 23.2 Å². The van der Waals surface area contributed by atoms with Crippen molar-refractivity contribution in [3.05, 3.63) is 77.4 Å². The lowest BCUT2D eigenvalue weighted by Crippen LogP contribution is -2.43. The maximum atomic E-state index is 13.1. The van der Waals surface area contributed by atoms with Gasteiger partial charge in [0.1, 0.15) is 5.75 Å². The minimum Gasteiger partial charge on any atom is -0.507 e. The molecule has 10 heteroatoms. The second-order valence-electron chi connectivity index (χ2n) is 8.36. The van der Waals surface area contributed by atoms with Crippen LogP contribution in [0.15, 0.2) is 70.9 Å². The Morgan fingerprint density at radius 1 is 1.12 bits per heavy atom. The molecule has 0 saturated carbocycles. The van der Waals surface area contributed by atoms with E-state index in [4.69, 9.17) is 0 Å². The molecule has 2 aromatic rings. The Kier molecular flexibility index (Phi) is 6.03. The van der Waals surface area contributed by atoms with E-state index in [9.17, 15) is 24.3 Å². The molecular weight excluding hydrogens is 455 g/mol. The van der Waals surface area contributed by atoms with E-state index in [1.54, 1.807) is 37.3 Å². The van der Waals surface area contributed by atoms with Gasteiger partial charge in [0.15, 0.2) is 11.0 Å². The Bertz CT molecular complexity index is 1340. The SMILES string of the molecule is CC1=NN(c2ccc(C)c(C)c2)C(=O)/C1=N\NC1(P(=O)(O)O)C=CC=C(c2ccccc2O)C1. The molecule has 2 aliphatic rings. The van der Waals surface area contributed by atoms with Gasteiger partial charge in [-0.25, -0.2) is 0 Å². The maximum absolute atomic E-state index is 13.1. The number of hydrazone groups is 2. The molecule has 0 bridgehead atoms. The lowest BCUT2D eigenvalue weighted by molar-refractivity contribution is -0.112. The van der Waals surface area contributed by atoms with Crippen LogP contribution >= 0.6 is 7.60 Å². The van der Waals surface area contributed by atoms with Gasteiger partial charge in [0.25, 0.3) is 0 Å². The van der Waals surface area contributed by atoms with Crippen LogP contribution in [0.1, 0.15) is 30.0 Å².